The number of hydrogen-bond acceptors (Lipinski definition) is 5. The largest absolute Gasteiger partial charge is 0.492 e. The quantitative estimate of drug-likeness (QED) is 0.549. The van der Waals surface area contributed by atoms with Crippen molar-refractivity contribution in [3.8, 4) is 5.75 Å². The minimum Gasteiger partial charge on any atom is -0.492 e. The first-order valence-electron chi connectivity index (χ1n) is 11.1. The van der Waals surface area contributed by atoms with Crippen molar-refractivity contribution in [2.45, 2.75) is 33.9 Å². The Labute approximate surface area is 195 Å². The highest BCUT2D eigenvalue weighted by molar-refractivity contribution is 6.31. The summed E-state index contributed by atoms with van der Waals surface area (Å²) in [5.74, 6) is 1.06. The summed E-state index contributed by atoms with van der Waals surface area (Å²) in [6, 6.07) is 7.80. The van der Waals surface area contributed by atoms with Gasteiger partial charge >= 0.3 is 0 Å². The summed E-state index contributed by atoms with van der Waals surface area (Å²) >= 11 is 6.43. The number of amides is 1. The first-order valence-corrected chi connectivity index (χ1v) is 11.5. The number of aromatic nitrogens is 2. The van der Waals surface area contributed by atoms with Crippen molar-refractivity contribution < 1.29 is 14.3 Å². The number of carbonyl (C=O) groups is 1. The third-order valence-corrected chi connectivity index (χ3v) is 5.59. The lowest BCUT2D eigenvalue weighted by molar-refractivity contribution is -0.116. The van der Waals surface area contributed by atoms with Gasteiger partial charge in [0.1, 0.15) is 17.5 Å². The molecule has 0 unspecified atom stereocenters. The minimum absolute atomic E-state index is 0.185. The van der Waals surface area contributed by atoms with Crippen LogP contribution in [0, 0.1) is 12.8 Å². The summed E-state index contributed by atoms with van der Waals surface area (Å²) in [6.45, 7) is 12.3. The monoisotopic (exact) mass is 460 g/mol. The summed E-state index contributed by atoms with van der Waals surface area (Å²) < 4.78 is 13.0. The second-order valence-corrected chi connectivity index (χ2v) is 8.72. The van der Waals surface area contributed by atoms with Crippen molar-refractivity contribution in [3.63, 3.8) is 0 Å². The smallest absolute Gasteiger partial charge is 0.244 e. The summed E-state index contributed by atoms with van der Waals surface area (Å²) in [5, 5.41) is 7.93. The maximum atomic E-state index is 12.3. The lowest BCUT2D eigenvalue weighted by atomic mass is 10.2. The Morgan fingerprint density at radius 1 is 1.34 bits per heavy atom. The van der Waals surface area contributed by atoms with Gasteiger partial charge in [-0.3, -0.25) is 14.4 Å². The molecule has 0 atom stereocenters. The molecule has 1 aliphatic rings. The molecule has 1 aromatic heterocycles. The van der Waals surface area contributed by atoms with Gasteiger partial charge in [-0.25, -0.2) is 0 Å². The van der Waals surface area contributed by atoms with Gasteiger partial charge in [-0.15, -0.1) is 0 Å². The van der Waals surface area contributed by atoms with E-state index in [0.29, 0.717) is 24.2 Å². The van der Waals surface area contributed by atoms with Crippen molar-refractivity contribution in [1.82, 2.24) is 20.0 Å². The van der Waals surface area contributed by atoms with Gasteiger partial charge in [-0.2, -0.15) is 5.10 Å². The fourth-order valence-electron chi connectivity index (χ4n) is 3.49. The second kappa shape index (κ2) is 12.0. The highest BCUT2D eigenvalue weighted by Crippen LogP contribution is 2.22. The SMILES string of the molecule is Cc1nn(CC(C)C)c(Cl)c1/C=C/C(=O)NCc1cccc(OCCN2CCOCC2)c1. The fourth-order valence-corrected chi connectivity index (χ4v) is 3.80. The van der Waals surface area contributed by atoms with Gasteiger partial charge in [0.15, 0.2) is 0 Å². The predicted molar refractivity (Wildman–Crippen MR) is 127 cm³/mol. The Morgan fingerprint density at radius 2 is 2.12 bits per heavy atom. The van der Waals surface area contributed by atoms with Crippen LogP contribution in [0.2, 0.25) is 5.15 Å². The van der Waals surface area contributed by atoms with E-state index < -0.39 is 0 Å². The molecule has 3 rings (SSSR count). The first-order chi connectivity index (χ1) is 15.4. The standard InChI is InChI=1S/C24H33ClN4O3/c1-18(2)17-29-24(25)22(19(3)27-29)7-8-23(30)26-16-20-5-4-6-21(15-20)32-14-11-28-9-12-31-13-10-28/h4-8,15,18H,9-14,16-17H2,1-3H3,(H,26,30)/b8-7+. The number of ether oxygens (including phenoxy) is 2. The summed E-state index contributed by atoms with van der Waals surface area (Å²) in [6.07, 6.45) is 3.22. The lowest BCUT2D eigenvalue weighted by Gasteiger charge is -2.26. The van der Waals surface area contributed by atoms with E-state index in [0.717, 1.165) is 62.0 Å². The second-order valence-electron chi connectivity index (χ2n) is 8.37. The van der Waals surface area contributed by atoms with E-state index in [-0.39, 0.29) is 5.91 Å². The molecule has 174 valence electrons. The number of carbonyl (C=O) groups excluding carboxylic acids is 1. The maximum Gasteiger partial charge on any atom is 0.244 e. The zero-order valence-corrected chi connectivity index (χ0v) is 19.9. The molecule has 0 bridgehead atoms. The van der Waals surface area contributed by atoms with Crippen molar-refractivity contribution in [3.05, 3.63) is 52.3 Å². The zero-order chi connectivity index (χ0) is 22.9. The van der Waals surface area contributed by atoms with E-state index in [1.165, 1.54) is 6.08 Å². The van der Waals surface area contributed by atoms with Gasteiger partial charge in [-0.05, 0) is 36.6 Å². The number of aryl methyl sites for hydroxylation is 1. The van der Waals surface area contributed by atoms with Crippen LogP contribution < -0.4 is 10.1 Å². The van der Waals surface area contributed by atoms with Crippen molar-refractivity contribution in [2.75, 3.05) is 39.5 Å². The molecular weight excluding hydrogens is 428 g/mol. The topological polar surface area (TPSA) is 68.6 Å². The van der Waals surface area contributed by atoms with Gasteiger partial charge in [-0.1, -0.05) is 37.6 Å². The molecule has 1 aromatic carbocycles. The molecular formula is C24H33ClN4O3. The van der Waals surface area contributed by atoms with E-state index >= 15 is 0 Å². The van der Waals surface area contributed by atoms with Gasteiger partial charge in [0.25, 0.3) is 0 Å². The summed E-state index contributed by atoms with van der Waals surface area (Å²) in [4.78, 5) is 14.6. The van der Waals surface area contributed by atoms with E-state index in [2.05, 4.69) is 29.2 Å². The highest BCUT2D eigenvalue weighted by Gasteiger charge is 2.12. The molecule has 2 aromatic rings. The lowest BCUT2D eigenvalue weighted by Crippen LogP contribution is -2.38. The van der Waals surface area contributed by atoms with Crippen molar-refractivity contribution in [1.29, 1.82) is 0 Å². The zero-order valence-electron chi connectivity index (χ0n) is 19.1. The molecule has 1 N–H and O–H groups in total. The summed E-state index contributed by atoms with van der Waals surface area (Å²) in [7, 11) is 0. The highest BCUT2D eigenvalue weighted by atomic mass is 35.5. The van der Waals surface area contributed by atoms with Crippen molar-refractivity contribution in [2.24, 2.45) is 5.92 Å². The van der Waals surface area contributed by atoms with Crippen LogP contribution in [-0.4, -0.2) is 60.0 Å². The Bertz CT molecular complexity index is 920. The van der Waals surface area contributed by atoms with E-state index in [4.69, 9.17) is 21.1 Å². The molecule has 1 amide bonds. The summed E-state index contributed by atoms with van der Waals surface area (Å²) in [5.41, 5.74) is 2.56. The number of hydrogen-bond donors (Lipinski definition) is 1. The Kier molecular flexibility index (Phi) is 9.14. The molecule has 8 heteroatoms. The van der Waals surface area contributed by atoms with Crippen LogP contribution in [0.5, 0.6) is 5.75 Å². The molecule has 2 heterocycles. The third kappa shape index (κ3) is 7.36. The number of benzene rings is 1. The van der Waals surface area contributed by atoms with Crippen molar-refractivity contribution >= 4 is 23.6 Å². The molecule has 0 radical (unpaired) electrons. The van der Waals surface area contributed by atoms with Crippen LogP contribution in [0.25, 0.3) is 6.08 Å². The van der Waals surface area contributed by atoms with E-state index in [9.17, 15) is 4.79 Å². The average Bonchev–Trinajstić information content (AvgIpc) is 3.03. The Balaban J connectivity index is 1.47. The van der Waals surface area contributed by atoms with Gasteiger partial charge < -0.3 is 14.8 Å². The van der Waals surface area contributed by atoms with Gasteiger partial charge in [0.05, 0.1) is 18.9 Å². The minimum atomic E-state index is -0.185. The van der Waals surface area contributed by atoms with Crippen LogP contribution in [0.1, 0.15) is 30.7 Å². The number of morpholine rings is 1. The molecule has 0 aliphatic carbocycles. The first kappa shape index (κ1) is 24.3. The van der Waals surface area contributed by atoms with Crippen LogP contribution in [-0.2, 0) is 22.6 Å². The molecule has 1 fully saturated rings. The molecule has 0 saturated carbocycles. The molecule has 1 aliphatic heterocycles. The van der Waals surface area contributed by atoms with E-state index in [1.807, 2.05) is 31.2 Å². The van der Waals surface area contributed by atoms with Gasteiger partial charge in [0.2, 0.25) is 5.91 Å². The van der Waals surface area contributed by atoms with Crippen LogP contribution in [0.15, 0.2) is 30.3 Å². The Morgan fingerprint density at radius 3 is 2.88 bits per heavy atom. The van der Waals surface area contributed by atoms with Gasteiger partial charge in [0, 0.05) is 44.4 Å². The molecule has 1 saturated heterocycles. The number of nitrogens with zero attached hydrogens (tertiary/aromatic N) is 3. The van der Waals surface area contributed by atoms with E-state index in [1.54, 1.807) is 10.8 Å². The average molecular weight is 461 g/mol. The van der Waals surface area contributed by atoms with Crippen LogP contribution >= 0.6 is 11.6 Å². The molecule has 0 spiro atoms. The normalized spacial score (nSPS) is 14.9. The van der Waals surface area contributed by atoms with Crippen LogP contribution in [0.4, 0.5) is 0 Å². The molecule has 7 nitrogen and oxygen atoms in total. The third-order valence-electron chi connectivity index (χ3n) is 5.19. The number of rotatable bonds is 10. The van der Waals surface area contributed by atoms with Crippen LogP contribution in [0.3, 0.4) is 0 Å². The number of nitrogens with one attached hydrogen (secondary N) is 1. The Hall–Kier alpha value is -2.35. The number of halogens is 1. The maximum absolute atomic E-state index is 12.3. The predicted octanol–water partition coefficient (Wildman–Crippen LogP) is 3.54. The molecule has 32 heavy (non-hydrogen) atoms. The fraction of sp³-hybridized carbons (Fsp3) is 0.500.